The normalized spacial score (nSPS) is 22.2. The van der Waals surface area contributed by atoms with Crippen LogP contribution < -0.4 is 15.0 Å². The van der Waals surface area contributed by atoms with E-state index in [1.54, 1.807) is 13.2 Å². The molecule has 5 nitrogen and oxygen atoms in total. The summed E-state index contributed by atoms with van der Waals surface area (Å²) in [5.74, 6) is 1.21. The van der Waals surface area contributed by atoms with Crippen molar-refractivity contribution < 1.29 is 9.53 Å². The fourth-order valence-electron chi connectivity index (χ4n) is 5.64. The molecule has 172 valence electrons. The summed E-state index contributed by atoms with van der Waals surface area (Å²) in [6.45, 7) is 1.11. The first-order valence-electron chi connectivity index (χ1n) is 11.0. The third-order valence-corrected chi connectivity index (χ3v) is 8.04. The Kier molecular flexibility index (Phi) is 5.17. The fraction of sp³-hybridized carbons (Fsp3) is 0.231. The Morgan fingerprint density at radius 2 is 1.97 bits per heavy atom. The van der Waals surface area contributed by atoms with Gasteiger partial charge >= 0.3 is 0 Å². The average molecular weight is 557 g/mol. The van der Waals surface area contributed by atoms with E-state index in [9.17, 15) is 4.79 Å². The Morgan fingerprint density at radius 3 is 2.74 bits per heavy atom. The molecule has 3 aliphatic heterocycles. The molecule has 0 saturated carbocycles. The number of hydrogen-bond acceptors (Lipinski definition) is 4. The molecule has 0 aliphatic carbocycles. The number of halogens is 3. The van der Waals surface area contributed by atoms with Crippen LogP contribution in [0.2, 0.25) is 10.0 Å². The van der Waals surface area contributed by atoms with E-state index in [1.807, 2.05) is 48.5 Å². The van der Waals surface area contributed by atoms with Crippen molar-refractivity contribution in [2.24, 2.45) is 4.99 Å². The summed E-state index contributed by atoms with van der Waals surface area (Å²) in [6.07, 6.45) is 0.709. The van der Waals surface area contributed by atoms with Gasteiger partial charge < -0.3 is 15.0 Å². The maximum absolute atomic E-state index is 13.5. The molecule has 1 N–H and O–H groups in total. The van der Waals surface area contributed by atoms with E-state index >= 15 is 0 Å². The van der Waals surface area contributed by atoms with Gasteiger partial charge in [0.25, 0.3) is 0 Å². The Morgan fingerprint density at radius 1 is 1.18 bits per heavy atom. The van der Waals surface area contributed by atoms with Gasteiger partial charge in [0.1, 0.15) is 11.6 Å². The number of hydrogen-bond donors (Lipinski definition) is 1. The van der Waals surface area contributed by atoms with Crippen LogP contribution in [0, 0.1) is 0 Å². The number of methoxy groups -OCH3 is 1. The van der Waals surface area contributed by atoms with Crippen LogP contribution in [0.15, 0.2) is 64.1 Å². The van der Waals surface area contributed by atoms with Crippen LogP contribution in [0.3, 0.4) is 0 Å². The van der Waals surface area contributed by atoms with Crippen LogP contribution in [0.25, 0.3) is 0 Å². The SMILES string of the molecule is COc1ccc(CN2C3=Nc4cc(Br)ccc4[C@@H]4C(=O)NCC[C@]34c3cc(Cl)cc(Cl)c32)cc1. The highest BCUT2D eigenvalue weighted by molar-refractivity contribution is 9.10. The van der Waals surface area contributed by atoms with Crippen LogP contribution in [0.1, 0.15) is 29.0 Å². The smallest absolute Gasteiger partial charge is 0.229 e. The lowest BCUT2D eigenvalue weighted by atomic mass is 9.62. The molecule has 3 heterocycles. The summed E-state index contributed by atoms with van der Waals surface area (Å²) in [5.41, 5.74) is 3.97. The van der Waals surface area contributed by atoms with Gasteiger partial charge in [0.2, 0.25) is 5.91 Å². The number of amides is 1. The van der Waals surface area contributed by atoms with E-state index in [1.165, 1.54) is 0 Å². The van der Waals surface area contributed by atoms with Crippen molar-refractivity contribution in [3.8, 4) is 5.75 Å². The maximum atomic E-state index is 13.5. The number of aliphatic imine (C=N–C) groups is 1. The van der Waals surface area contributed by atoms with Crippen LogP contribution in [0.4, 0.5) is 11.4 Å². The molecule has 6 rings (SSSR count). The number of fused-ring (bicyclic) bond motifs is 3. The van der Waals surface area contributed by atoms with Gasteiger partial charge in [0.05, 0.1) is 34.8 Å². The predicted octanol–water partition coefficient (Wildman–Crippen LogP) is 6.37. The van der Waals surface area contributed by atoms with Crippen molar-refractivity contribution in [2.45, 2.75) is 24.3 Å². The highest BCUT2D eigenvalue weighted by Gasteiger charge is 2.60. The fourth-order valence-corrected chi connectivity index (χ4v) is 6.58. The quantitative estimate of drug-likeness (QED) is 0.408. The highest BCUT2D eigenvalue weighted by atomic mass is 79.9. The number of ether oxygens (including phenoxy) is 1. The summed E-state index contributed by atoms with van der Waals surface area (Å²) in [6, 6.07) is 17.6. The second kappa shape index (κ2) is 8.01. The highest BCUT2D eigenvalue weighted by Crippen LogP contribution is 2.60. The van der Waals surface area contributed by atoms with Gasteiger partial charge in [0.15, 0.2) is 0 Å². The molecule has 34 heavy (non-hydrogen) atoms. The van der Waals surface area contributed by atoms with Crippen molar-refractivity contribution in [3.63, 3.8) is 0 Å². The lowest BCUT2D eigenvalue weighted by Crippen LogP contribution is -2.56. The first-order valence-corrected chi connectivity index (χ1v) is 12.5. The zero-order chi connectivity index (χ0) is 23.6. The minimum atomic E-state index is -0.639. The predicted molar refractivity (Wildman–Crippen MR) is 139 cm³/mol. The monoisotopic (exact) mass is 555 g/mol. The van der Waals surface area contributed by atoms with Crippen molar-refractivity contribution in [1.29, 1.82) is 0 Å². The molecule has 2 atom stereocenters. The van der Waals surface area contributed by atoms with Crippen LogP contribution in [0.5, 0.6) is 5.75 Å². The van der Waals surface area contributed by atoms with E-state index in [0.29, 0.717) is 29.6 Å². The minimum absolute atomic E-state index is 0.00410. The van der Waals surface area contributed by atoms with E-state index in [0.717, 1.165) is 44.1 Å². The molecule has 0 aromatic heterocycles. The van der Waals surface area contributed by atoms with Crippen LogP contribution in [-0.2, 0) is 16.8 Å². The number of rotatable bonds is 3. The van der Waals surface area contributed by atoms with Crippen molar-refractivity contribution >= 4 is 62.2 Å². The number of nitrogens with zero attached hydrogens (tertiary/aromatic N) is 2. The zero-order valence-electron chi connectivity index (χ0n) is 18.2. The van der Waals surface area contributed by atoms with Gasteiger partial charge in [-0.05, 0) is 59.5 Å². The Hall–Kier alpha value is -2.54. The number of carbonyl (C=O) groups excluding carboxylic acids is 1. The molecule has 8 heteroatoms. The molecule has 0 radical (unpaired) electrons. The van der Waals surface area contributed by atoms with E-state index in [-0.39, 0.29) is 5.91 Å². The first-order chi connectivity index (χ1) is 16.4. The second-order valence-corrected chi connectivity index (χ2v) is 10.6. The molecular formula is C26H20BrCl2N3O2. The number of benzene rings is 3. The molecule has 1 fully saturated rings. The summed E-state index contributed by atoms with van der Waals surface area (Å²) >= 11 is 16.9. The van der Waals surface area contributed by atoms with Crippen molar-refractivity contribution in [3.05, 3.63) is 85.8 Å². The van der Waals surface area contributed by atoms with Gasteiger partial charge in [0, 0.05) is 22.6 Å². The Balaban J connectivity index is 1.61. The molecule has 3 aromatic rings. The zero-order valence-corrected chi connectivity index (χ0v) is 21.3. The second-order valence-electron chi connectivity index (χ2n) is 8.80. The van der Waals surface area contributed by atoms with Crippen LogP contribution in [-0.4, -0.2) is 25.4 Å². The molecule has 1 spiro atoms. The van der Waals surface area contributed by atoms with E-state index in [4.69, 9.17) is 32.9 Å². The van der Waals surface area contributed by atoms with E-state index < -0.39 is 11.3 Å². The lowest BCUT2D eigenvalue weighted by molar-refractivity contribution is -0.125. The Bertz CT molecular complexity index is 1380. The summed E-state index contributed by atoms with van der Waals surface area (Å²) in [5, 5.41) is 4.18. The molecule has 0 bridgehead atoms. The van der Waals surface area contributed by atoms with Gasteiger partial charge in [-0.3, -0.25) is 4.79 Å². The molecule has 1 amide bonds. The van der Waals surface area contributed by atoms with Crippen molar-refractivity contribution in [1.82, 2.24) is 5.32 Å². The molecule has 3 aliphatic rings. The van der Waals surface area contributed by atoms with E-state index in [2.05, 4.69) is 26.1 Å². The van der Waals surface area contributed by atoms with Crippen molar-refractivity contribution in [2.75, 3.05) is 18.6 Å². The molecule has 3 aromatic carbocycles. The first kappa shape index (κ1) is 22.0. The largest absolute Gasteiger partial charge is 0.497 e. The van der Waals surface area contributed by atoms with Gasteiger partial charge in [-0.15, -0.1) is 0 Å². The van der Waals surface area contributed by atoms with Gasteiger partial charge in [-0.25, -0.2) is 4.99 Å². The summed E-state index contributed by atoms with van der Waals surface area (Å²) in [4.78, 5) is 20.8. The average Bonchev–Trinajstić information content (AvgIpc) is 3.06. The van der Waals surface area contributed by atoms with Gasteiger partial charge in [-0.2, -0.15) is 0 Å². The number of anilines is 1. The van der Waals surface area contributed by atoms with Gasteiger partial charge in [-0.1, -0.05) is 57.3 Å². The third kappa shape index (κ3) is 3.12. The molecule has 1 saturated heterocycles. The number of piperidine rings is 1. The number of carbonyl (C=O) groups is 1. The molecular weight excluding hydrogens is 537 g/mol. The molecule has 0 unspecified atom stereocenters. The number of amidine groups is 1. The minimum Gasteiger partial charge on any atom is -0.497 e. The topological polar surface area (TPSA) is 53.9 Å². The maximum Gasteiger partial charge on any atom is 0.229 e. The Labute approximate surface area is 215 Å². The summed E-state index contributed by atoms with van der Waals surface area (Å²) < 4.78 is 6.24. The number of nitrogens with one attached hydrogen (secondary N) is 1. The summed E-state index contributed by atoms with van der Waals surface area (Å²) in [7, 11) is 1.65. The lowest BCUT2D eigenvalue weighted by Gasteiger charge is -2.44. The standard InChI is InChI=1S/C26H20BrCl2N3O2/c1-34-17-5-2-14(3-6-17)13-32-23-19(11-16(28)12-20(23)29)26-8-9-30-24(33)22(26)18-7-4-15(27)10-21(18)31-25(26)32/h2-7,10-12,22H,8-9,13H2,1H3,(H,30,33)/t22-,26-/m1/s1. The third-order valence-electron chi connectivity index (χ3n) is 7.04. The van der Waals surface area contributed by atoms with Crippen LogP contribution >= 0.6 is 39.1 Å².